The zero-order valence-corrected chi connectivity index (χ0v) is 11.9. The van der Waals surface area contributed by atoms with Crippen molar-refractivity contribution in [2.24, 2.45) is 0 Å². The third-order valence-corrected chi connectivity index (χ3v) is 3.24. The molecule has 0 aliphatic rings. The maximum Gasteiger partial charge on any atom is 0.296 e. The van der Waals surface area contributed by atoms with Gasteiger partial charge in [-0.3, -0.25) is 10.1 Å². The van der Waals surface area contributed by atoms with Crippen molar-refractivity contribution in [1.82, 2.24) is 0 Å². The average Bonchev–Trinajstić information content (AvgIpc) is 2.46. The van der Waals surface area contributed by atoms with Crippen LogP contribution in [-0.4, -0.2) is 12.0 Å². The summed E-state index contributed by atoms with van der Waals surface area (Å²) in [6, 6.07) is 8.50. The molecular weight excluding hydrogens is 299 g/mol. The fourth-order valence-corrected chi connectivity index (χ4v) is 2.03. The molecule has 2 rings (SSSR count). The van der Waals surface area contributed by atoms with Gasteiger partial charge < -0.3 is 10.1 Å². The van der Waals surface area contributed by atoms with E-state index in [1.165, 1.54) is 31.4 Å². The molecule has 0 aromatic heterocycles. The van der Waals surface area contributed by atoms with Crippen LogP contribution in [0.4, 0.5) is 15.8 Å². The first kappa shape index (κ1) is 15.1. The largest absolute Gasteiger partial charge is 0.496 e. The van der Waals surface area contributed by atoms with Crippen LogP contribution in [0.5, 0.6) is 5.75 Å². The predicted molar refractivity (Wildman–Crippen MR) is 78.4 cm³/mol. The quantitative estimate of drug-likeness (QED) is 0.669. The van der Waals surface area contributed by atoms with E-state index in [1.807, 2.05) is 0 Å². The summed E-state index contributed by atoms with van der Waals surface area (Å²) in [5.41, 5.74) is 0.872. The number of nitro benzene ring substituents is 1. The molecule has 0 amide bonds. The fraction of sp³-hybridized carbons (Fsp3) is 0.143. The number of nitro groups is 1. The molecule has 0 aliphatic heterocycles. The highest BCUT2D eigenvalue weighted by Crippen LogP contribution is 2.29. The van der Waals surface area contributed by atoms with Crippen molar-refractivity contribution in [1.29, 1.82) is 0 Å². The summed E-state index contributed by atoms with van der Waals surface area (Å²) in [7, 11) is 1.43. The van der Waals surface area contributed by atoms with Gasteiger partial charge in [0.15, 0.2) is 0 Å². The summed E-state index contributed by atoms with van der Waals surface area (Å²) in [4.78, 5) is 10.5. The Kier molecular flexibility index (Phi) is 4.59. The second-order valence-corrected chi connectivity index (χ2v) is 4.64. The summed E-state index contributed by atoms with van der Waals surface area (Å²) < 4.78 is 17.9. The van der Waals surface area contributed by atoms with Crippen LogP contribution >= 0.6 is 11.6 Å². The van der Waals surface area contributed by atoms with Gasteiger partial charge in [-0.25, -0.2) is 4.39 Å². The summed E-state index contributed by atoms with van der Waals surface area (Å²) in [5.74, 6) is -0.0359. The van der Waals surface area contributed by atoms with Gasteiger partial charge in [-0.05, 0) is 29.8 Å². The van der Waals surface area contributed by atoms with Gasteiger partial charge in [0.1, 0.15) is 17.3 Å². The van der Waals surface area contributed by atoms with E-state index in [0.717, 1.165) is 0 Å². The number of benzene rings is 2. The number of nitrogens with one attached hydrogen (secondary N) is 1. The lowest BCUT2D eigenvalue weighted by atomic mass is 10.2. The maximum absolute atomic E-state index is 13.0. The number of anilines is 1. The van der Waals surface area contributed by atoms with E-state index in [0.29, 0.717) is 17.0 Å². The molecule has 110 valence electrons. The molecule has 0 saturated heterocycles. The van der Waals surface area contributed by atoms with Crippen LogP contribution in [0.15, 0.2) is 36.4 Å². The van der Waals surface area contributed by atoms with Crippen LogP contribution < -0.4 is 10.1 Å². The van der Waals surface area contributed by atoms with E-state index in [4.69, 9.17) is 16.3 Å². The van der Waals surface area contributed by atoms with Gasteiger partial charge in [-0.2, -0.15) is 0 Å². The van der Waals surface area contributed by atoms with Crippen LogP contribution in [0.1, 0.15) is 5.56 Å². The van der Waals surface area contributed by atoms with E-state index < -0.39 is 10.7 Å². The second-order valence-electron chi connectivity index (χ2n) is 4.23. The smallest absolute Gasteiger partial charge is 0.296 e. The molecule has 0 saturated carbocycles. The molecule has 0 radical (unpaired) electrons. The lowest BCUT2D eigenvalue weighted by molar-refractivity contribution is -0.384. The number of halogens is 2. The topological polar surface area (TPSA) is 64.4 Å². The Labute approximate surface area is 125 Å². The van der Waals surface area contributed by atoms with Crippen molar-refractivity contribution in [2.45, 2.75) is 6.54 Å². The van der Waals surface area contributed by atoms with Crippen molar-refractivity contribution >= 4 is 23.0 Å². The molecule has 0 fully saturated rings. The molecule has 21 heavy (non-hydrogen) atoms. The van der Waals surface area contributed by atoms with Crippen LogP contribution in [0.2, 0.25) is 5.02 Å². The third kappa shape index (κ3) is 3.61. The predicted octanol–water partition coefficient (Wildman–Crippen LogP) is 4.01. The Hall–Kier alpha value is -2.34. The van der Waals surface area contributed by atoms with E-state index in [9.17, 15) is 14.5 Å². The first-order valence-corrected chi connectivity index (χ1v) is 6.39. The molecule has 0 unspecified atom stereocenters. The van der Waals surface area contributed by atoms with Crippen molar-refractivity contribution in [2.75, 3.05) is 12.4 Å². The minimum atomic E-state index is -0.503. The summed E-state index contributed by atoms with van der Waals surface area (Å²) in [6.07, 6.45) is 0. The lowest BCUT2D eigenvalue weighted by Gasteiger charge is -2.09. The maximum atomic E-state index is 13.0. The van der Waals surface area contributed by atoms with Crippen LogP contribution in [0, 0.1) is 15.9 Å². The molecule has 0 heterocycles. The van der Waals surface area contributed by atoms with Crippen molar-refractivity contribution in [3.63, 3.8) is 0 Å². The zero-order valence-electron chi connectivity index (χ0n) is 11.1. The summed E-state index contributed by atoms with van der Waals surface area (Å²) in [5, 5.41) is 14.2. The Morgan fingerprint density at radius 2 is 2.10 bits per heavy atom. The number of nitrogens with zero attached hydrogens (tertiary/aromatic N) is 1. The first-order chi connectivity index (χ1) is 10.0. The van der Waals surface area contributed by atoms with Crippen molar-refractivity contribution in [3.05, 3.63) is 62.9 Å². The third-order valence-electron chi connectivity index (χ3n) is 2.89. The average molecular weight is 311 g/mol. The molecule has 0 spiro atoms. The van der Waals surface area contributed by atoms with Crippen LogP contribution in [0.25, 0.3) is 0 Å². The Morgan fingerprint density at radius 1 is 1.33 bits per heavy atom. The molecule has 1 N–H and O–H groups in total. The molecular formula is C14H12ClFN2O3. The van der Waals surface area contributed by atoms with E-state index >= 15 is 0 Å². The second kappa shape index (κ2) is 6.41. The van der Waals surface area contributed by atoms with E-state index in [2.05, 4.69) is 5.32 Å². The Balaban J connectivity index is 2.21. The van der Waals surface area contributed by atoms with Crippen molar-refractivity contribution < 1.29 is 14.1 Å². The molecule has 5 nitrogen and oxygen atoms in total. The normalized spacial score (nSPS) is 10.2. The number of hydrogen-bond acceptors (Lipinski definition) is 4. The Bertz CT molecular complexity index is 679. The molecule has 0 bridgehead atoms. The monoisotopic (exact) mass is 310 g/mol. The Morgan fingerprint density at radius 3 is 2.71 bits per heavy atom. The van der Waals surface area contributed by atoms with Gasteiger partial charge in [-0.1, -0.05) is 17.7 Å². The van der Waals surface area contributed by atoms with E-state index in [1.54, 1.807) is 12.1 Å². The van der Waals surface area contributed by atoms with Crippen molar-refractivity contribution in [3.8, 4) is 5.75 Å². The number of hydrogen-bond donors (Lipinski definition) is 1. The highest BCUT2D eigenvalue weighted by atomic mass is 35.5. The standard InChI is InChI=1S/C14H12ClFN2O3/c1-21-11-4-5-13(14(7-11)18(19)20)17-8-9-2-3-10(16)6-12(9)15/h2-7,17H,8H2,1H3. The van der Waals surface area contributed by atoms with Crippen LogP contribution in [0.3, 0.4) is 0 Å². The molecule has 0 atom stereocenters. The summed E-state index contributed by atoms with van der Waals surface area (Å²) >= 11 is 5.91. The first-order valence-electron chi connectivity index (χ1n) is 6.01. The molecule has 2 aromatic carbocycles. The minimum absolute atomic E-state index is 0.104. The number of ether oxygens (including phenoxy) is 1. The van der Waals surface area contributed by atoms with Crippen LogP contribution in [-0.2, 0) is 6.54 Å². The lowest BCUT2D eigenvalue weighted by Crippen LogP contribution is -2.03. The van der Waals surface area contributed by atoms with Gasteiger partial charge in [0.2, 0.25) is 0 Å². The number of rotatable bonds is 5. The minimum Gasteiger partial charge on any atom is -0.496 e. The summed E-state index contributed by atoms with van der Waals surface area (Å²) in [6.45, 7) is 0.242. The van der Waals surface area contributed by atoms with Gasteiger partial charge in [0.25, 0.3) is 5.69 Å². The van der Waals surface area contributed by atoms with E-state index in [-0.39, 0.29) is 17.3 Å². The molecule has 2 aromatic rings. The number of methoxy groups -OCH3 is 1. The van der Waals surface area contributed by atoms with Gasteiger partial charge in [-0.15, -0.1) is 0 Å². The van der Waals surface area contributed by atoms with Gasteiger partial charge in [0, 0.05) is 11.6 Å². The van der Waals surface area contributed by atoms with Gasteiger partial charge >= 0.3 is 0 Å². The zero-order chi connectivity index (χ0) is 15.4. The molecule has 0 aliphatic carbocycles. The highest BCUT2D eigenvalue weighted by Gasteiger charge is 2.15. The highest BCUT2D eigenvalue weighted by molar-refractivity contribution is 6.31. The SMILES string of the molecule is COc1ccc(NCc2ccc(F)cc2Cl)c([N+](=O)[O-])c1. The fourth-order valence-electron chi connectivity index (χ4n) is 1.79. The molecule has 7 heteroatoms. The van der Waals surface area contributed by atoms with Gasteiger partial charge in [0.05, 0.1) is 18.1 Å².